The highest BCUT2D eigenvalue weighted by atomic mass is 35.5. The Balaban J connectivity index is 2.62. The third-order valence-corrected chi connectivity index (χ3v) is 4.07. The monoisotopic (exact) mass is 287 g/mol. The number of nitrogens with one attached hydrogen (secondary N) is 1. The van der Waals surface area contributed by atoms with Gasteiger partial charge in [-0.1, -0.05) is 11.6 Å². The van der Waals surface area contributed by atoms with E-state index >= 15 is 0 Å². The molecule has 1 heterocycles. The molecule has 0 aliphatic heterocycles. The molecule has 5 nitrogen and oxygen atoms in total. The van der Waals surface area contributed by atoms with Crippen LogP contribution in [0, 0.1) is 13.8 Å². The average molecular weight is 288 g/mol. The van der Waals surface area contributed by atoms with Crippen LogP contribution in [0.2, 0.25) is 5.02 Å². The van der Waals surface area contributed by atoms with Gasteiger partial charge in [0.15, 0.2) is 0 Å². The molecule has 0 amide bonds. The predicted octanol–water partition coefficient (Wildman–Crippen LogP) is 2.08. The highest BCUT2D eigenvalue weighted by Crippen LogP contribution is 2.20. The Morgan fingerprint density at radius 3 is 2.58 bits per heavy atom. The lowest BCUT2D eigenvalue weighted by atomic mass is 9.96. The lowest BCUT2D eigenvalue weighted by molar-refractivity contribution is -0.148. The first-order valence-corrected chi connectivity index (χ1v) is 6.70. The van der Waals surface area contributed by atoms with Gasteiger partial charge in [-0.3, -0.25) is 9.48 Å². The number of carbonyl (C=O) groups excluding carboxylic acids is 1. The Labute approximate surface area is 119 Å². The summed E-state index contributed by atoms with van der Waals surface area (Å²) in [5.41, 5.74) is 1.14. The molecular weight excluding hydrogens is 266 g/mol. The van der Waals surface area contributed by atoms with Gasteiger partial charge < -0.3 is 10.1 Å². The van der Waals surface area contributed by atoms with E-state index in [4.69, 9.17) is 16.3 Å². The number of methoxy groups -OCH3 is 1. The molecule has 1 unspecified atom stereocenters. The number of nitrogens with zero attached hydrogens (tertiary/aromatic N) is 2. The third-order valence-electron chi connectivity index (χ3n) is 3.53. The molecule has 1 N–H and O–H groups in total. The molecule has 0 saturated carbocycles. The number of carbonyl (C=O) groups is 1. The van der Waals surface area contributed by atoms with Gasteiger partial charge in [-0.25, -0.2) is 0 Å². The number of ether oxygens (including phenoxy) is 1. The Morgan fingerprint density at radius 1 is 1.53 bits per heavy atom. The summed E-state index contributed by atoms with van der Waals surface area (Å²) in [7, 11) is 3.16. The maximum Gasteiger partial charge on any atom is 0.325 e. The number of halogens is 1. The third kappa shape index (κ3) is 3.48. The van der Waals surface area contributed by atoms with Crippen molar-refractivity contribution in [3.63, 3.8) is 0 Å². The van der Waals surface area contributed by atoms with E-state index < -0.39 is 5.54 Å². The highest BCUT2D eigenvalue weighted by Gasteiger charge is 2.31. The molecule has 1 aromatic heterocycles. The number of likely N-dealkylation sites (N-methyl/N-ethyl adjacent to an activating group) is 1. The molecule has 0 aliphatic carbocycles. The Morgan fingerprint density at radius 2 is 2.16 bits per heavy atom. The largest absolute Gasteiger partial charge is 0.468 e. The van der Waals surface area contributed by atoms with Gasteiger partial charge in [0.1, 0.15) is 5.54 Å². The first kappa shape index (κ1) is 16.0. The van der Waals surface area contributed by atoms with Crippen LogP contribution in [-0.4, -0.2) is 35.4 Å². The zero-order chi connectivity index (χ0) is 14.6. The van der Waals surface area contributed by atoms with Crippen molar-refractivity contribution >= 4 is 17.6 Å². The lowest BCUT2D eigenvalue weighted by Crippen LogP contribution is -2.48. The summed E-state index contributed by atoms with van der Waals surface area (Å²) >= 11 is 6.10. The minimum absolute atomic E-state index is 0.249. The molecule has 0 aromatic carbocycles. The van der Waals surface area contributed by atoms with Crippen molar-refractivity contribution in [3.05, 3.63) is 16.4 Å². The van der Waals surface area contributed by atoms with Gasteiger partial charge in [0.05, 0.1) is 23.5 Å². The number of hydrogen-bond donors (Lipinski definition) is 1. The standard InChI is InChI=1S/C13H22ClN3O2/c1-9-11(14)10(2)17(16-9)8-6-7-13(3,15-4)12(18)19-5/h15H,6-8H2,1-5H3. The maximum absolute atomic E-state index is 11.7. The first-order chi connectivity index (χ1) is 8.85. The molecule has 1 atom stereocenters. The zero-order valence-corrected chi connectivity index (χ0v) is 13.0. The van der Waals surface area contributed by atoms with Gasteiger partial charge >= 0.3 is 5.97 Å². The van der Waals surface area contributed by atoms with Crippen molar-refractivity contribution < 1.29 is 9.53 Å². The van der Waals surface area contributed by atoms with Crippen LogP contribution in [0.3, 0.4) is 0 Å². The topological polar surface area (TPSA) is 56.2 Å². The molecule has 0 bridgehead atoms. The van der Waals surface area contributed by atoms with Crippen LogP contribution in [-0.2, 0) is 16.1 Å². The van der Waals surface area contributed by atoms with Gasteiger partial charge in [0.25, 0.3) is 0 Å². The van der Waals surface area contributed by atoms with Crippen molar-refractivity contribution in [2.45, 2.75) is 45.7 Å². The number of aryl methyl sites for hydroxylation is 2. The van der Waals surface area contributed by atoms with Crippen molar-refractivity contribution in [1.82, 2.24) is 15.1 Å². The number of rotatable bonds is 6. The number of esters is 1. The molecule has 0 fully saturated rings. The lowest BCUT2D eigenvalue weighted by Gasteiger charge is -2.26. The second kappa shape index (κ2) is 6.39. The van der Waals surface area contributed by atoms with Gasteiger partial charge in [-0.05, 0) is 40.7 Å². The van der Waals surface area contributed by atoms with Crippen LogP contribution >= 0.6 is 11.6 Å². The van der Waals surface area contributed by atoms with Gasteiger partial charge in [0, 0.05) is 6.54 Å². The van der Waals surface area contributed by atoms with E-state index in [-0.39, 0.29) is 5.97 Å². The van der Waals surface area contributed by atoms with E-state index in [1.165, 1.54) is 7.11 Å². The predicted molar refractivity (Wildman–Crippen MR) is 75.4 cm³/mol. The molecular formula is C13H22ClN3O2. The van der Waals surface area contributed by atoms with E-state index in [9.17, 15) is 4.79 Å². The Hall–Kier alpha value is -1.07. The quantitative estimate of drug-likeness (QED) is 0.814. The van der Waals surface area contributed by atoms with Crippen molar-refractivity contribution in [3.8, 4) is 0 Å². The fourth-order valence-corrected chi connectivity index (χ4v) is 2.16. The van der Waals surface area contributed by atoms with Gasteiger partial charge in [0.2, 0.25) is 0 Å². The minimum Gasteiger partial charge on any atom is -0.468 e. The van der Waals surface area contributed by atoms with E-state index in [2.05, 4.69) is 10.4 Å². The summed E-state index contributed by atoms with van der Waals surface area (Å²) in [6.45, 7) is 6.40. The molecule has 0 spiro atoms. The summed E-state index contributed by atoms with van der Waals surface area (Å²) < 4.78 is 6.69. The fourth-order valence-electron chi connectivity index (χ4n) is 2.03. The number of hydrogen-bond acceptors (Lipinski definition) is 4. The van der Waals surface area contributed by atoms with Crippen molar-refractivity contribution in [2.75, 3.05) is 14.2 Å². The van der Waals surface area contributed by atoms with Crippen LogP contribution in [0.5, 0.6) is 0 Å². The maximum atomic E-state index is 11.7. The van der Waals surface area contributed by atoms with Crippen LogP contribution < -0.4 is 5.32 Å². The van der Waals surface area contributed by atoms with Gasteiger partial charge in [-0.15, -0.1) is 0 Å². The summed E-state index contributed by atoms with van der Waals surface area (Å²) in [5, 5.41) is 8.10. The van der Waals surface area contributed by atoms with Gasteiger partial charge in [-0.2, -0.15) is 5.10 Å². The summed E-state index contributed by atoms with van der Waals surface area (Å²) in [4.78, 5) is 11.7. The highest BCUT2D eigenvalue weighted by molar-refractivity contribution is 6.31. The number of aromatic nitrogens is 2. The van der Waals surface area contributed by atoms with Crippen LogP contribution in [0.25, 0.3) is 0 Å². The molecule has 0 saturated heterocycles. The van der Waals surface area contributed by atoms with E-state index in [0.717, 1.165) is 24.4 Å². The second-order valence-corrected chi connectivity index (χ2v) is 5.26. The molecule has 19 heavy (non-hydrogen) atoms. The fraction of sp³-hybridized carbons (Fsp3) is 0.692. The van der Waals surface area contributed by atoms with Crippen LogP contribution in [0.1, 0.15) is 31.2 Å². The zero-order valence-electron chi connectivity index (χ0n) is 12.2. The molecule has 0 radical (unpaired) electrons. The second-order valence-electron chi connectivity index (χ2n) is 4.89. The minimum atomic E-state index is -0.658. The Kier molecular flexibility index (Phi) is 5.38. The summed E-state index contributed by atoms with van der Waals surface area (Å²) in [5.74, 6) is -0.249. The molecule has 1 aromatic rings. The molecule has 108 valence electrons. The van der Waals surface area contributed by atoms with Crippen molar-refractivity contribution in [1.29, 1.82) is 0 Å². The molecule has 6 heteroatoms. The van der Waals surface area contributed by atoms with E-state index in [1.807, 2.05) is 25.5 Å². The smallest absolute Gasteiger partial charge is 0.325 e. The summed E-state index contributed by atoms with van der Waals surface area (Å²) in [6.07, 6.45) is 1.48. The van der Waals surface area contributed by atoms with Crippen LogP contribution in [0.4, 0.5) is 0 Å². The molecule has 0 aliphatic rings. The normalized spacial score (nSPS) is 14.2. The summed E-state index contributed by atoms with van der Waals surface area (Å²) in [6, 6.07) is 0. The first-order valence-electron chi connectivity index (χ1n) is 6.32. The average Bonchev–Trinajstić information content (AvgIpc) is 2.65. The SMILES string of the molecule is CNC(C)(CCCn1nc(C)c(Cl)c1C)C(=O)OC. The van der Waals surface area contributed by atoms with E-state index in [1.54, 1.807) is 7.05 Å². The Bertz CT molecular complexity index is 459. The van der Waals surface area contributed by atoms with Crippen molar-refractivity contribution in [2.24, 2.45) is 0 Å². The molecule has 1 rings (SSSR count). The van der Waals surface area contributed by atoms with E-state index in [0.29, 0.717) is 11.4 Å². The van der Waals surface area contributed by atoms with Crippen LogP contribution in [0.15, 0.2) is 0 Å².